The van der Waals surface area contributed by atoms with Gasteiger partial charge in [0.25, 0.3) is 0 Å². The maximum Gasteiger partial charge on any atom is 0.100 e. The molecule has 5 heteroatoms. The molecule has 4 nitrogen and oxygen atoms in total. The van der Waals surface area contributed by atoms with Crippen molar-refractivity contribution in [3.63, 3.8) is 0 Å². The average molecular weight is 390 g/mol. The molecule has 27 heavy (non-hydrogen) atoms. The molecule has 148 valence electrons. The molecule has 1 fully saturated rings. The van der Waals surface area contributed by atoms with E-state index in [1.165, 1.54) is 0 Å². The van der Waals surface area contributed by atoms with Crippen LogP contribution in [0.25, 0.3) is 5.03 Å². The van der Waals surface area contributed by atoms with Crippen LogP contribution in [0.4, 0.5) is 0 Å². The fraction of sp³-hybridized carbons (Fsp3) is 0.591. The van der Waals surface area contributed by atoms with Gasteiger partial charge in [-0.3, -0.25) is 9.88 Å². The third-order valence-electron chi connectivity index (χ3n) is 5.75. The molecule has 2 aliphatic heterocycles. The van der Waals surface area contributed by atoms with Gasteiger partial charge in [-0.05, 0) is 57.7 Å². The molecule has 1 saturated heterocycles. The van der Waals surface area contributed by atoms with Crippen molar-refractivity contribution in [1.29, 1.82) is 0 Å². The first kappa shape index (κ1) is 20.5. The first-order valence-corrected chi connectivity index (χ1v) is 10.2. The van der Waals surface area contributed by atoms with Crippen LogP contribution in [0.15, 0.2) is 36.6 Å². The number of hydrogen-bond donors (Lipinski definition) is 1. The molecule has 0 saturated carbocycles. The summed E-state index contributed by atoms with van der Waals surface area (Å²) in [6, 6.07) is 4.32. The number of nitrogens with one attached hydrogen (secondary N) is 1. The highest BCUT2D eigenvalue weighted by atomic mass is 35.5. The maximum absolute atomic E-state index is 6.57. The minimum atomic E-state index is 0.0893. The Labute approximate surface area is 168 Å². The second-order valence-corrected chi connectivity index (χ2v) is 9.26. The van der Waals surface area contributed by atoms with Gasteiger partial charge in [0.2, 0.25) is 0 Å². The highest BCUT2D eigenvalue weighted by Gasteiger charge is 2.41. The van der Waals surface area contributed by atoms with Crippen molar-refractivity contribution in [3.8, 4) is 0 Å². The van der Waals surface area contributed by atoms with Crippen LogP contribution in [0.1, 0.15) is 58.2 Å². The van der Waals surface area contributed by atoms with E-state index >= 15 is 0 Å². The summed E-state index contributed by atoms with van der Waals surface area (Å²) in [5, 5.41) is 4.51. The van der Waals surface area contributed by atoms with Crippen molar-refractivity contribution in [2.45, 2.75) is 70.7 Å². The van der Waals surface area contributed by atoms with Crippen LogP contribution in [-0.4, -0.2) is 40.3 Å². The Morgan fingerprint density at radius 3 is 2.89 bits per heavy atom. The van der Waals surface area contributed by atoms with Gasteiger partial charge < -0.3 is 10.1 Å². The number of pyridine rings is 1. The van der Waals surface area contributed by atoms with Crippen molar-refractivity contribution < 1.29 is 4.74 Å². The summed E-state index contributed by atoms with van der Waals surface area (Å²) < 4.78 is 6.09. The van der Waals surface area contributed by atoms with E-state index in [-0.39, 0.29) is 11.1 Å². The first-order valence-electron chi connectivity index (χ1n) is 9.82. The Bertz CT molecular complexity index is 730. The second-order valence-electron chi connectivity index (χ2n) is 8.86. The smallest absolute Gasteiger partial charge is 0.100 e. The maximum atomic E-state index is 6.57. The molecule has 0 aliphatic carbocycles. The fourth-order valence-corrected chi connectivity index (χ4v) is 4.79. The zero-order chi connectivity index (χ0) is 19.7. The number of piperidine rings is 1. The number of ether oxygens (including phenoxy) is 1. The van der Waals surface area contributed by atoms with Crippen LogP contribution in [0.2, 0.25) is 0 Å². The van der Waals surface area contributed by atoms with Gasteiger partial charge in [-0.15, -0.1) is 0 Å². The van der Waals surface area contributed by atoms with Crippen LogP contribution in [0, 0.1) is 0 Å². The van der Waals surface area contributed by atoms with Crippen molar-refractivity contribution in [2.24, 2.45) is 0 Å². The Hall–Kier alpha value is -1.20. The second kappa shape index (κ2) is 8.04. The van der Waals surface area contributed by atoms with Crippen molar-refractivity contribution in [3.05, 3.63) is 47.8 Å². The fourth-order valence-electron chi connectivity index (χ4n) is 4.46. The van der Waals surface area contributed by atoms with Gasteiger partial charge in [-0.25, -0.2) is 0 Å². The van der Waals surface area contributed by atoms with Crippen molar-refractivity contribution in [2.75, 3.05) is 13.3 Å². The monoisotopic (exact) mass is 389 g/mol. The minimum absolute atomic E-state index is 0.0893. The van der Waals surface area contributed by atoms with E-state index < -0.39 is 0 Å². The molecule has 2 unspecified atom stereocenters. The first-order chi connectivity index (χ1) is 12.7. The lowest BCUT2D eigenvalue weighted by Gasteiger charge is -2.51. The van der Waals surface area contributed by atoms with Gasteiger partial charge in [0.05, 0.1) is 17.3 Å². The van der Waals surface area contributed by atoms with E-state index in [1.807, 2.05) is 18.2 Å². The van der Waals surface area contributed by atoms with E-state index in [9.17, 15) is 0 Å². The Morgan fingerprint density at radius 2 is 2.15 bits per heavy atom. The molecule has 1 aromatic heterocycles. The normalized spacial score (nSPS) is 31.7. The number of rotatable bonds is 2. The van der Waals surface area contributed by atoms with E-state index in [4.69, 9.17) is 16.3 Å². The van der Waals surface area contributed by atoms with Gasteiger partial charge in [0.15, 0.2) is 0 Å². The molecule has 0 amide bonds. The van der Waals surface area contributed by atoms with Crippen molar-refractivity contribution >= 4 is 16.6 Å². The van der Waals surface area contributed by atoms with Gasteiger partial charge in [0.1, 0.15) is 6.73 Å². The van der Waals surface area contributed by atoms with Crippen LogP contribution in [-0.2, 0) is 11.3 Å². The summed E-state index contributed by atoms with van der Waals surface area (Å²) in [7, 11) is 0. The van der Waals surface area contributed by atoms with Crippen LogP contribution >= 0.6 is 11.6 Å². The summed E-state index contributed by atoms with van der Waals surface area (Å²) in [6.45, 7) is 15.2. The highest BCUT2D eigenvalue weighted by molar-refractivity contribution is 6.49. The number of hydrogen-bond acceptors (Lipinski definition) is 4. The lowest BCUT2D eigenvalue weighted by molar-refractivity contribution is -0.0302. The van der Waals surface area contributed by atoms with E-state index in [0.29, 0.717) is 24.4 Å². The Kier molecular flexibility index (Phi) is 6.11. The van der Waals surface area contributed by atoms with Crippen LogP contribution in [0.3, 0.4) is 0 Å². The van der Waals surface area contributed by atoms with Gasteiger partial charge in [-0.2, -0.15) is 0 Å². The average Bonchev–Trinajstić information content (AvgIpc) is 2.59. The lowest BCUT2D eigenvalue weighted by atomic mass is 9.77. The van der Waals surface area contributed by atoms with E-state index in [0.717, 1.165) is 42.6 Å². The summed E-state index contributed by atoms with van der Waals surface area (Å²) >= 11 is 6.57. The molecular weight excluding hydrogens is 358 g/mol. The molecule has 2 aliphatic rings. The predicted molar refractivity (Wildman–Crippen MR) is 113 cm³/mol. The third kappa shape index (κ3) is 5.00. The van der Waals surface area contributed by atoms with Crippen LogP contribution < -0.4 is 5.32 Å². The number of aromatic nitrogens is 1. The number of halogens is 1. The molecule has 3 heterocycles. The van der Waals surface area contributed by atoms with Crippen molar-refractivity contribution in [1.82, 2.24) is 15.2 Å². The quantitative estimate of drug-likeness (QED) is 0.795. The van der Waals surface area contributed by atoms with Gasteiger partial charge >= 0.3 is 0 Å². The summed E-state index contributed by atoms with van der Waals surface area (Å²) in [6.07, 6.45) is 7.03. The summed E-state index contributed by atoms with van der Waals surface area (Å²) in [5.74, 6) is 0. The third-order valence-corrected chi connectivity index (χ3v) is 6.06. The predicted octanol–water partition coefficient (Wildman–Crippen LogP) is 4.71. The number of fused-ring (bicyclic) bond motifs is 1. The Morgan fingerprint density at radius 1 is 1.37 bits per heavy atom. The molecule has 0 aromatic carbocycles. The topological polar surface area (TPSA) is 37.4 Å². The number of nitrogens with zero attached hydrogens (tertiary/aromatic N) is 2. The zero-order valence-electron chi connectivity index (χ0n) is 17.0. The lowest BCUT2D eigenvalue weighted by Crippen LogP contribution is -2.63. The van der Waals surface area contributed by atoms with E-state index in [2.05, 4.69) is 49.5 Å². The SMILES string of the molecule is C=C1/C=C(/Cl)c2cccnc2COCN(C2CC(C)(C)NC(C)(CC)C2)C1. The minimum Gasteiger partial charge on any atom is -0.360 e. The molecular formula is C22H32ClN3O. The van der Waals surface area contributed by atoms with E-state index in [1.54, 1.807) is 6.20 Å². The zero-order valence-corrected chi connectivity index (χ0v) is 17.8. The Balaban J connectivity index is 1.84. The van der Waals surface area contributed by atoms with Gasteiger partial charge in [-0.1, -0.05) is 31.2 Å². The molecule has 3 rings (SSSR count). The summed E-state index contributed by atoms with van der Waals surface area (Å²) in [5.41, 5.74) is 3.01. The molecule has 0 bridgehead atoms. The van der Waals surface area contributed by atoms with Crippen LogP contribution in [0.5, 0.6) is 0 Å². The molecule has 0 radical (unpaired) electrons. The summed E-state index contributed by atoms with van der Waals surface area (Å²) in [4.78, 5) is 6.87. The standard InChI is InChI=1S/C22H32ClN3O/c1-6-22(5)12-17(11-21(3,4)25-22)26-13-16(2)10-19(23)18-8-7-9-24-20(18)14-27-15-26/h7-10,17,25H,2,6,11-15H2,1,3-5H3/b19-10+. The molecule has 2 atom stereocenters. The highest BCUT2D eigenvalue weighted by Crippen LogP contribution is 2.34. The molecule has 0 spiro atoms. The molecule has 1 aromatic rings. The largest absolute Gasteiger partial charge is 0.360 e. The molecule has 1 N–H and O–H groups in total. The van der Waals surface area contributed by atoms with Gasteiger partial charge in [0, 0.05) is 35.4 Å².